The van der Waals surface area contributed by atoms with E-state index in [0.717, 1.165) is 23.8 Å². The monoisotopic (exact) mass is 604 g/mol. The molecule has 5 aromatic carbocycles. The van der Waals surface area contributed by atoms with Crippen molar-refractivity contribution in [2.75, 3.05) is 0 Å². The minimum Gasteiger partial charge on any atom is -0.190 e. The highest BCUT2D eigenvalue weighted by atomic mass is 127. The smallest absolute Gasteiger partial charge is 0.190 e. The van der Waals surface area contributed by atoms with Crippen molar-refractivity contribution < 1.29 is 31.2 Å². The van der Waals surface area contributed by atoms with Crippen LogP contribution in [-0.2, 0) is 12.6 Å². The Labute approximate surface area is 220 Å². The Morgan fingerprint density at radius 2 is 0.833 bits per heavy atom. The molecule has 0 unspecified atom stereocenters. The van der Waals surface area contributed by atoms with Crippen LogP contribution in [0.15, 0.2) is 150 Å². The minimum atomic E-state index is -3.96. The molecule has 179 valence electrons. The minimum absolute atomic E-state index is 0.00188. The highest BCUT2D eigenvalue weighted by molar-refractivity contribution is 7.86. The van der Waals surface area contributed by atoms with Gasteiger partial charge in [-0.3, -0.25) is 0 Å². The maximum Gasteiger partial charge on any atom is 0.336 e. The van der Waals surface area contributed by atoms with E-state index in [9.17, 15) is 8.42 Å². The number of benzene rings is 5. The van der Waals surface area contributed by atoms with E-state index in [1.807, 2.05) is 109 Å². The van der Waals surface area contributed by atoms with Crippen molar-refractivity contribution in [3.8, 4) is 0 Å². The second-order valence-corrected chi connectivity index (χ2v) is 14.7. The SMILES string of the molecule is O=S(=O)(O[I+](c1ccccc1)c1ccccc1)c1ccc(C(c2ccccc2)c2ccccc2)cc1. The average molecular weight is 605 g/mol. The second-order valence-electron chi connectivity index (χ2n) is 8.18. The predicted octanol–water partition coefficient (Wildman–Crippen LogP) is 3.85. The summed E-state index contributed by atoms with van der Waals surface area (Å²) in [7, 11) is -3.96. The number of halogens is 1. The summed E-state index contributed by atoms with van der Waals surface area (Å²) in [4.78, 5) is 0.167. The third-order valence-electron chi connectivity index (χ3n) is 5.78. The van der Waals surface area contributed by atoms with E-state index in [4.69, 9.17) is 2.51 Å². The van der Waals surface area contributed by atoms with E-state index in [-0.39, 0.29) is 10.8 Å². The molecule has 0 saturated carbocycles. The van der Waals surface area contributed by atoms with Crippen LogP contribution in [-0.4, -0.2) is 8.42 Å². The van der Waals surface area contributed by atoms with Crippen LogP contribution in [0.4, 0.5) is 0 Å². The van der Waals surface area contributed by atoms with Gasteiger partial charge in [0, 0.05) is 5.92 Å². The summed E-state index contributed by atoms with van der Waals surface area (Å²) in [5.41, 5.74) is 3.32. The zero-order valence-corrected chi connectivity index (χ0v) is 22.4. The molecule has 3 nitrogen and oxygen atoms in total. The van der Waals surface area contributed by atoms with Gasteiger partial charge in [-0.1, -0.05) is 109 Å². The van der Waals surface area contributed by atoms with Gasteiger partial charge >= 0.3 is 30.4 Å². The van der Waals surface area contributed by atoms with Gasteiger partial charge < -0.3 is 0 Å². The highest BCUT2D eigenvalue weighted by Crippen LogP contribution is 2.32. The Bertz CT molecular complexity index is 1410. The van der Waals surface area contributed by atoms with Gasteiger partial charge in [0.05, 0.1) is 4.90 Å². The quantitative estimate of drug-likeness (QED) is 0.200. The molecule has 0 N–H and O–H groups in total. The molecule has 0 spiro atoms. The average Bonchev–Trinajstić information content (AvgIpc) is 2.94. The second kappa shape index (κ2) is 11.2. The molecule has 5 aromatic rings. The summed E-state index contributed by atoms with van der Waals surface area (Å²) in [5.74, 6) is 0.00188. The first-order chi connectivity index (χ1) is 17.6. The molecule has 36 heavy (non-hydrogen) atoms. The van der Waals surface area contributed by atoms with Crippen LogP contribution in [0.1, 0.15) is 22.6 Å². The topological polar surface area (TPSA) is 43.4 Å². The van der Waals surface area contributed by atoms with Gasteiger partial charge in [-0.05, 0) is 55.6 Å². The van der Waals surface area contributed by atoms with Crippen molar-refractivity contribution >= 4 is 10.1 Å². The van der Waals surface area contributed by atoms with Crippen LogP contribution < -0.4 is 20.2 Å². The Morgan fingerprint density at radius 1 is 0.472 bits per heavy atom. The van der Waals surface area contributed by atoms with Crippen molar-refractivity contribution in [2.24, 2.45) is 0 Å². The molecule has 0 fully saturated rings. The lowest BCUT2D eigenvalue weighted by molar-refractivity contribution is -1.03. The molecule has 0 aliphatic heterocycles. The normalized spacial score (nSPS) is 11.6. The number of hydrogen-bond acceptors (Lipinski definition) is 3. The third-order valence-corrected chi connectivity index (χ3v) is 13.1. The molecule has 0 atom stereocenters. The summed E-state index contributed by atoms with van der Waals surface area (Å²) in [6.07, 6.45) is 0. The van der Waals surface area contributed by atoms with Gasteiger partial charge in [-0.15, -0.1) is 0 Å². The lowest BCUT2D eigenvalue weighted by Gasteiger charge is -2.19. The zero-order chi connectivity index (χ0) is 24.8. The van der Waals surface area contributed by atoms with Gasteiger partial charge in [0.2, 0.25) is 0 Å². The van der Waals surface area contributed by atoms with Crippen LogP contribution in [0.2, 0.25) is 0 Å². The molecule has 0 amide bonds. The van der Waals surface area contributed by atoms with Gasteiger partial charge in [-0.2, -0.15) is 8.42 Å². The first-order valence-corrected chi connectivity index (χ1v) is 16.0. The van der Waals surface area contributed by atoms with Gasteiger partial charge in [0.1, 0.15) is 0 Å². The fourth-order valence-electron chi connectivity index (χ4n) is 4.07. The fraction of sp³-hybridized carbons (Fsp3) is 0.0323. The Morgan fingerprint density at radius 3 is 1.25 bits per heavy atom. The van der Waals surface area contributed by atoms with Gasteiger partial charge in [-0.25, -0.2) is 0 Å². The molecule has 0 heterocycles. The van der Waals surface area contributed by atoms with Crippen molar-refractivity contribution in [1.82, 2.24) is 0 Å². The fourth-order valence-corrected chi connectivity index (χ4v) is 11.1. The van der Waals surface area contributed by atoms with E-state index < -0.39 is 30.4 Å². The molecule has 5 heteroatoms. The van der Waals surface area contributed by atoms with Crippen LogP contribution >= 0.6 is 0 Å². The van der Waals surface area contributed by atoms with E-state index in [0.29, 0.717) is 0 Å². The van der Waals surface area contributed by atoms with E-state index in [1.54, 1.807) is 12.1 Å². The highest BCUT2D eigenvalue weighted by Gasteiger charge is 2.37. The standard InChI is InChI=1S/C31H25IO3S/c33-36(34,35-32(28-17-9-3-10-18-28)29-19-11-4-12-20-29)30-23-21-27(22-24-30)31(25-13-5-1-6-14-25)26-15-7-2-8-16-26/h1-24,31H/q+1. The van der Waals surface area contributed by atoms with E-state index in [1.165, 1.54) is 0 Å². The van der Waals surface area contributed by atoms with Gasteiger partial charge in [0.15, 0.2) is 7.14 Å². The Balaban J connectivity index is 1.48. The summed E-state index contributed by atoms with van der Waals surface area (Å²) in [5, 5.41) is 0. The number of rotatable bonds is 8. The van der Waals surface area contributed by atoms with Crippen LogP contribution in [0.25, 0.3) is 0 Å². The maximum atomic E-state index is 13.4. The molecule has 5 rings (SSSR count). The van der Waals surface area contributed by atoms with E-state index >= 15 is 0 Å². The lowest BCUT2D eigenvalue weighted by atomic mass is 9.85. The third kappa shape index (κ3) is 5.59. The molecular weight excluding hydrogens is 579 g/mol. The Hall–Kier alpha value is -3.26. The zero-order valence-electron chi connectivity index (χ0n) is 19.4. The molecule has 0 aliphatic carbocycles. The van der Waals surface area contributed by atoms with Crippen molar-refractivity contribution in [3.05, 3.63) is 169 Å². The summed E-state index contributed by atoms with van der Waals surface area (Å²) < 4.78 is 34.7. The molecular formula is C31H25IO3S+. The number of hydrogen-bond donors (Lipinski definition) is 0. The predicted molar refractivity (Wildman–Crippen MR) is 139 cm³/mol. The first kappa shape index (κ1) is 24.4. The molecule has 0 aromatic heterocycles. The van der Waals surface area contributed by atoms with Gasteiger partial charge in [0.25, 0.3) is 0 Å². The van der Waals surface area contributed by atoms with E-state index in [2.05, 4.69) is 24.3 Å². The van der Waals surface area contributed by atoms with Crippen molar-refractivity contribution in [1.29, 1.82) is 0 Å². The Kier molecular flexibility index (Phi) is 7.60. The van der Waals surface area contributed by atoms with Crippen molar-refractivity contribution in [2.45, 2.75) is 10.8 Å². The largest absolute Gasteiger partial charge is 0.336 e. The maximum absolute atomic E-state index is 13.4. The molecule has 0 saturated heterocycles. The van der Waals surface area contributed by atoms with Crippen LogP contribution in [0.5, 0.6) is 0 Å². The molecule has 1 radical (unpaired) electrons. The van der Waals surface area contributed by atoms with Crippen LogP contribution in [0.3, 0.4) is 0 Å². The molecule has 0 bridgehead atoms. The molecule has 0 aliphatic rings. The summed E-state index contributed by atoms with van der Waals surface area (Å²) in [6.45, 7) is 0. The van der Waals surface area contributed by atoms with Crippen molar-refractivity contribution in [3.63, 3.8) is 0 Å². The first-order valence-electron chi connectivity index (χ1n) is 11.6. The lowest BCUT2D eigenvalue weighted by Crippen LogP contribution is -3.85. The summed E-state index contributed by atoms with van der Waals surface area (Å²) >= 11 is -2.68. The van der Waals surface area contributed by atoms with Crippen LogP contribution in [0, 0.1) is 7.14 Å². The summed E-state index contributed by atoms with van der Waals surface area (Å²) in [6, 6.07) is 46.9.